The highest BCUT2D eigenvalue weighted by atomic mass is 79.9. The number of carbonyl (C=O) groups is 3. The number of benzene rings is 2. The van der Waals surface area contributed by atoms with E-state index in [-0.39, 0.29) is 25.3 Å². The number of rotatable bonds is 4. The lowest BCUT2D eigenvalue weighted by Gasteiger charge is -2.30. The molecule has 2 aromatic rings. The van der Waals surface area contributed by atoms with Gasteiger partial charge in [-0.3, -0.25) is 14.4 Å². The molecule has 0 saturated heterocycles. The minimum Gasteiger partial charge on any atom is -0.481 e. The summed E-state index contributed by atoms with van der Waals surface area (Å²) in [6.45, 7) is -0.179. The van der Waals surface area contributed by atoms with Gasteiger partial charge in [-0.1, -0.05) is 39.7 Å². The number of hydrogen-bond acceptors (Lipinski definition) is 3. The van der Waals surface area contributed by atoms with Crippen LogP contribution in [0.3, 0.4) is 0 Å². The van der Waals surface area contributed by atoms with Gasteiger partial charge in [-0.05, 0) is 35.9 Å². The Morgan fingerprint density at radius 3 is 2.70 bits per heavy atom. The lowest BCUT2D eigenvalue weighted by Crippen LogP contribution is -2.39. The average Bonchev–Trinajstić information content (AvgIpc) is 2.75. The van der Waals surface area contributed by atoms with Crippen molar-refractivity contribution in [1.82, 2.24) is 4.90 Å². The number of carboxylic acid groups (broad SMARTS) is 1. The molecule has 27 heavy (non-hydrogen) atoms. The monoisotopic (exact) mass is 450 g/mol. The number of aliphatic carboxylic acids is 1. The Kier molecular flexibility index (Phi) is 5.82. The highest BCUT2D eigenvalue weighted by Gasteiger charge is 2.33. The van der Waals surface area contributed by atoms with Gasteiger partial charge in [-0.15, -0.1) is 0 Å². The highest BCUT2D eigenvalue weighted by Crippen LogP contribution is 2.38. The lowest BCUT2D eigenvalue weighted by molar-refractivity contribution is -0.142. The van der Waals surface area contributed by atoms with Crippen molar-refractivity contribution in [3.63, 3.8) is 0 Å². The molecule has 0 unspecified atom stereocenters. The molecule has 0 spiro atoms. The topological polar surface area (TPSA) is 86.7 Å². The Morgan fingerprint density at radius 1 is 1.22 bits per heavy atom. The maximum atomic E-state index is 12.8. The lowest BCUT2D eigenvalue weighted by atomic mass is 9.95. The van der Waals surface area contributed by atoms with Crippen molar-refractivity contribution in [2.75, 3.05) is 11.9 Å². The highest BCUT2D eigenvalue weighted by molar-refractivity contribution is 9.10. The molecule has 0 saturated carbocycles. The van der Waals surface area contributed by atoms with E-state index in [9.17, 15) is 14.4 Å². The summed E-state index contributed by atoms with van der Waals surface area (Å²) < 4.78 is 0.794. The average molecular weight is 452 g/mol. The number of nitrogens with one attached hydrogen (secondary N) is 1. The molecule has 0 radical (unpaired) electrons. The van der Waals surface area contributed by atoms with Gasteiger partial charge in [-0.25, -0.2) is 0 Å². The SMILES string of the molecule is O=C(O)CCC(=O)N1CC(=O)Nc2ccc(Br)cc2[C@H]1c1cccc(Cl)c1. The van der Waals surface area contributed by atoms with Gasteiger partial charge in [-0.2, -0.15) is 0 Å². The van der Waals surface area contributed by atoms with Crippen LogP contribution < -0.4 is 5.32 Å². The third-order valence-corrected chi connectivity index (χ3v) is 4.97. The second kappa shape index (κ2) is 8.10. The van der Waals surface area contributed by atoms with E-state index in [2.05, 4.69) is 21.2 Å². The summed E-state index contributed by atoms with van der Waals surface area (Å²) in [6.07, 6.45) is -0.492. The maximum absolute atomic E-state index is 12.8. The zero-order valence-electron chi connectivity index (χ0n) is 14.1. The molecule has 1 atom stereocenters. The summed E-state index contributed by atoms with van der Waals surface area (Å²) in [4.78, 5) is 37.5. The van der Waals surface area contributed by atoms with E-state index in [0.717, 1.165) is 15.6 Å². The van der Waals surface area contributed by atoms with Crippen LogP contribution in [0.2, 0.25) is 5.02 Å². The molecule has 1 aliphatic heterocycles. The van der Waals surface area contributed by atoms with E-state index < -0.39 is 17.9 Å². The summed E-state index contributed by atoms with van der Waals surface area (Å²) >= 11 is 9.58. The van der Waals surface area contributed by atoms with E-state index >= 15 is 0 Å². The first kappa shape index (κ1) is 19.4. The zero-order valence-corrected chi connectivity index (χ0v) is 16.5. The van der Waals surface area contributed by atoms with Crippen LogP contribution in [-0.4, -0.2) is 34.3 Å². The minimum atomic E-state index is -1.06. The second-order valence-electron chi connectivity index (χ2n) is 6.15. The number of carboxylic acids is 1. The number of anilines is 1. The number of hydrogen-bond donors (Lipinski definition) is 2. The predicted octanol–water partition coefficient (Wildman–Crippen LogP) is 3.84. The van der Waals surface area contributed by atoms with Crippen molar-refractivity contribution in [2.45, 2.75) is 18.9 Å². The molecule has 140 valence electrons. The Hall–Kier alpha value is -2.38. The van der Waals surface area contributed by atoms with Gasteiger partial charge in [0.15, 0.2) is 0 Å². The summed E-state index contributed by atoms with van der Waals surface area (Å²) in [6, 6.07) is 11.9. The normalized spacial score (nSPS) is 16.3. The molecule has 0 fully saturated rings. The van der Waals surface area contributed by atoms with Crippen LogP contribution in [0.5, 0.6) is 0 Å². The molecule has 8 heteroatoms. The molecule has 1 heterocycles. The first-order valence-corrected chi connectivity index (χ1v) is 9.38. The van der Waals surface area contributed by atoms with Gasteiger partial charge in [0.1, 0.15) is 6.54 Å². The van der Waals surface area contributed by atoms with E-state index in [1.165, 1.54) is 4.90 Å². The van der Waals surface area contributed by atoms with Gasteiger partial charge < -0.3 is 15.3 Å². The first-order valence-electron chi connectivity index (χ1n) is 8.21. The van der Waals surface area contributed by atoms with Crippen molar-refractivity contribution >= 4 is 51.0 Å². The predicted molar refractivity (Wildman–Crippen MR) is 105 cm³/mol. The second-order valence-corrected chi connectivity index (χ2v) is 7.50. The Labute approximate surface area is 169 Å². The van der Waals surface area contributed by atoms with E-state index in [4.69, 9.17) is 16.7 Å². The van der Waals surface area contributed by atoms with Gasteiger partial charge in [0.2, 0.25) is 11.8 Å². The van der Waals surface area contributed by atoms with Gasteiger partial charge >= 0.3 is 5.97 Å². The van der Waals surface area contributed by atoms with E-state index in [0.29, 0.717) is 10.7 Å². The van der Waals surface area contributed by atoms with Crippen LogP contribution in [0.4, 0.5) is 5.69 Å². The Bertz CT molecular complexity index is 918. The molecule has 2 amide bonds. The molecule has 0 aromatic heterocycles. The molecule has 2 N–H and O–H groups in total. The molecule has 2 aromatic carbocycles. The van der Waals surface area contributed by atoms with Crippen LogP contribution in [0, 0.1) is 0 Å². The third-order valence-electron chi connectivity index (χ3n) is 4.25. The summed E-state index contributed by atoms with van der Waals surface area (Å²) in [5.74, 6) is -1.82. The van der Waals surface area contributed by atoms with E-state index in [1.807, 2.05) is 12.1 Å². The van der Waals surface area contributed by atoms with Crippen LogP contribution in [0.15, 0.2) is 46.9 Å². The molecule has 0 bridgehead atoms. The van der Waals surface area contributed by atoms with Gasteiger partial charge in [0.25, 0.3) is 0 Å². The van der Waals surface area contributed by atoms with Crippen LogP contribution in [-0.2, 0) is 14.4 Å². The van der Waals surface area contributed by atoms with Crippen molar-refractivity contribution in [3.8, 4) is 0 Å². The molecule has 1 aliphatic rings. The fourth-order valence-corrected chi connectivity index (χ4v) is 3.68. The van der Waals surface area contributed by atoms with Crippen molar-refractivity contribution < 1.29 is 19.5 Å². The summed E-state index contributed by atoms with van der Waals surface area (Å²) in [5, 5.41) is 12.2. The molecule has 3 rings (SSSR count). The zero-order chi connectivity index (χ0) is 19.6. The van der Waals surface area contributed by atoms with Crippen molar-refractivity contribution in [3.05, 3.63) is 63.1 Å². The number of nitrogens with zero attached hydrogens (tertiary/aromatic N) is 1. The Morgan fingerprint density at radius 2 is 2.00 bits per heavy atom. The number of fused-ring (bicyclic) bond motifs is 1. The molecular weight excluding hydrogens is 436 g/mol. The van der Waals surface area contributed by atoms with E-state index in [1.54, 1.807) is 30.3 Å². The first-order chi connectivity index (χ1) is 12.8. The molecular formula is C19H16BrClN2O4. The van der Waals surface area contributed by atoms with Crippen LogP contribution >= 0.6 is 27.5 Å². The summed E-state index contributed by atoms with van der Waals surface area (Å²) in [5.41, 5.74) is 2.06. The smallest absolute Gasteiger partial charge is 0.303 e. The standard InChI is InChI=1S/C19H16BrClN2O4/c20-12-4-5-15-14(9-12)19(11-2-1-3-13(21)8-11)23(10-16(24)22-15)17(25)6-7-18(26)27/h1-5,8-9,19H,6-7,10H2,(H,22,24)(H,26,27)/t19-/m1/s1. The van der Waals surface area contributed by atoms with Crippen molar-refractivity contribution in [1.29, 1.82) is 0 Å². The maximum Gasteiger partial charge on any atom is 0.303 e. The Balaban J connectivity index is 2.12. The van der Waals surface area contributed by atoms with Crippen LogP contribution in [0.1, 0.15) is 30.0 Å². The number of halogens is 2. The quantitative estimate of drug-likeness (QED) is 0.739. The third kappa shape index (κ3) is 4.48. The summed E-state index contributed by atoms with van der Waals surface area (Å²) in [7, 11) is 0. The van der Waals surface area contributed by atoms with Gasteiger partial charge in [0, 0.05) is 27.2 Å². The number of amides is 2. The fourth-order valence-electron chi connectivity index (χ4n) is 3.10. The van der Waals surface area contributed by atoms with Crippen molar-refractivity contribution in [2.24, 2.45) is 0 Å². The largest absolute Gasteiger partial charge is 0.481 e. The minimum absolute atomic E-state index is 0.179. The van der Waals surface area contributed by atoms with Gasteiger partial charge in [0.05, 0.1) is 12.5 Å². The van der Waals surface area contributed by atoms with Crippen LogP contribution in [0.25, 0.3) is 0 Å². The fraction of sp³-hybridized carbons (Fsp3) is 0.211. The molecule has 6 nitrogen and oxygen atoms in total. The number of carbonyl (C=O) groups excluding carboxylic acids is 2. The molecule has 0 aliphatic carbocycles.